The highest BCUT2D eigenvalue weighted by atomic mass is 32.1. The van der Waals surface area contributed by atoms with Crippen LogP contribution in [-0.2, 0) is 20.9 Å². The first-order valence-electron chi connectivity index (χ1n) is 7.91. The van der Waals surface area contributed by atoms with Crippen molar-refractivity contribution >= 4 is 35.0 Å². The van der Waals surface area contributed by atoms with Gasteiger partial charge in [0.2, 0.25) is 0 Å². The Bertz CT molecular complexity index is 827. The third kappa shape index (κ3) is 3.50. The van der Waals surface area contributed by atoms with E-state index in [0.29, 0.717) is 6.54 Å². The van der Waals surface area contributed by atoms with Crippen LogP contribution in [0.15, 0.2) is 41.8 Å². The van der Waals surface area contributed by atoms with Crippen LogP contribution in [0.2, 0.25) is 0 Å². The van der Waals surface area contributed by atoms with E-state index in [1.165, 1.54) is 30.4 Å². The average Bonchev–Trinajstić information content (AvgIpc) is 3.25. The lowest BCUT2D eigenvalue weighted by Crippen LogP contribution is -2.44. The van der Waals surface area contributed by atoms with Crippen LogP contribution in [0.4, 0.5) is 0 Å². The maximum Gasteiger partial charge on any atom is 0.329 e. The molecule has 3 amide bonds. The number of esters is 1. The Morgan fingerprint density at radius 2 is 1.77 bits per heavy atom. The van der Waals surface area contributed by atoms with E-state index in [2.05, 4.69) is 5.32 Å². The van der Waals surface area contributed by atoms with Crippen molar-refractivity contribution in [3.63, 3.8) is 0 Å². The van der Waals surface area contributed by atoms with Crippen LogP contribution < -0.4 is 5.32 Å². The van der Waals surface area contributed by atoms with Gasteiger partial charge in [0, 0.05) is 4.88 Å². The van der Waals surface area contributed by atoms with Gasteiger partial charge in [-0.1, -0.05) is 18.2 Å². The quantitative estimate of drug-likeness (QED) is 0.614. The third-order valence-corrected chi connectivity index (χ3v) is 4.82. The molecule has 0 aliphatic carbocycles. The maximum atomic E-state index is 12.3. The fourth-order valence-corrected chi connectivity index (χ4v) is 3.22. The van der Waals surface area contributed by atoms with Gasteiger partial charge in [0.25, 0.3) is 17.7 Å². The molecular weight excluding hydrogens is 356 g/mol. The number of ether oxygens (including phenoxy) is 1. The lowest BCUT2D eigenvalue weighted by Gasteiger charge is -2.20. The van der Waals surface area contributed by atoms with Crippen molar-refractivity contribution in [3.8, 4) is 0 Å². The zero-order valence-electron chi connectivity index (χ0n) is 13.9. The van der Waals surface area contributed by atoms with Gasteiger partial charge in [-0.3, -0.25) is 19.3 Å². The van der Waals surface area contributed by atoms with Crippen molar-refractivity contribution in [1.82, 2.24) is 10.2 Å². The molecule has 0 bridgehead atoms. The molecule has 0 spiro atoms. The minimum Gasteiger partial charge on any atom is -0.454 e. The summed E-state index contributed by atoms with van der Waals surface area (Å²) in [4.78, 5) is 50.4. The highest BCUT2D eigenvalue weighted by Crippen LogP contribution is 2.24. The summed E-state index contributed by atoms with van der Waals surface area (Å²) in [5.74, 6) is -2.36. The van der Waals surface area contributed by atoms with Crippen LogP contribution in [0.25, 0.3) is 0 Å². The molecule has 2 heterocycles. The van der Waals surface area contributed by atoms with E-state index >= 15 is 0 Å². The first-order valence-corrected chi connectivity index (χ1v) is 8.79. The molecule has 3 rings (SSSR count). The van der Waals surface area contributed by atoms with Gasteiger partial charge in [0.05, 0.1) is 17.7 Å². The predicted molar refractivity (Wildman–Crippen MR) is 93.5 cm³/mol. The van der Waals surface area contributed by atoms with Gasteiger partial charge in [0.1, 0.15) is 6.04 Å². The second-order valence-corrected chi connectivity index (χ2v) is 6.70. The number of hydrogen-bond acceptors (Lipinski definition) is 6. The summed E-state index contributed by atoms with van der Waals surface area (Å²) in [6, 6.07) is 8.99. The topological polar surface area (TPSA) is 92.8 Å². The second kappa shape index (κ2) is 7.49. The van der Waals surface area contributed by atoms with Gasteiger partial charge in [-0.15, -0.1) is 11.3 Å². The van der Waals surface area contributed by atoms with Crippen LogP contribution in [0.1, 0.15) is 32.5 Å². The first-order chi connectivity index (χ1) is 12.5. The van der Waals surface area contributed by atoms with Crippen molar-refractivity contribution in [3.05, 3.63) is 57.8 Å². The molecule has 0 unspecified atom stereocenters. The molecule has 8 heteroatoms. The van der Waals surface area contributed by atoms with E-state index in [1.807, 2.05) is 17.5 Å². The number of imide groups is 1. The number of benzene rings is 1. The number of carbonyl (C=O) groups is 4. The summed E-state index contributed by atoms with van der Waals surface area (Å²) < 4.78 is 4.95. The monoisotopic (exact) mass is 372 g/mol. The van der Waals surface area contributed by atoms with Crippen LogP contribution >= 0.6 is 11.3 Å². The van der Waals surface area contributed by atoms with Gasteiger partial charge in [-0.05, 0) is 30.5 Å². The number of rotatable bonds is 6. The maximum absolute atomic E-state index is 12.3. The Morgan fingerprint density at radius 3 is 2.35 bits per heavy atom. The third-order valence-electron chi connectivity index (χ3n) is 3.94. The van der Waals surface area contributed by atoms with Crippen LogP contribution in [0, 0.1) is 0 Å². The van der Waals surface area contributed by atoms with Gasteiger partial charge in [0.15, 0.2) is 6.61 Å². The SMILES string of the molecule is C[C@@H](C(=O)OCC(=O)NCc1cccs1)N1C(=O)c2ccccc2C1=O. The Balaban J connectivity index is 1.54. The minimum absolute atomic E-state index is 0.255. The van der Waals surface area contributed by atoms with Gasteiger partial charge >= 0.3 is 5.97 Å². The van der Waals surface area contributed by atoms with Gasteiger partial charge in [-0.25, -0.2) is 4.79 Å². The number of hydrogen-bond donors (Lipinski definition) is 1. The normalized spacial score (nSPS) is 14.1. The van der Waals surface area contributed by atoms with Crippen molar-refractivity contribution < 1.29 is 23.9 Å². The van der Waals surface area contributed by atoms with E-state index in [9.17, 15) is 19.2 Å². The van der Waals surface area contributed by atoms with Gasteiger partial charge < -0.3 is 10.1 Å². The number of nitrogens with one attached hydrogen (secondary N) is 1. The van der Waals surface area contributed by atoms with Gasteiger partial charge in [-0.2, -0.15) is 0 Å². The summed E-state index contributed by atoms with van der Waals surface area (Å²) in [5.41, 5.74) is 0.511. The Hall–Kier alpha value is -3.00. The fourth-order valence-electron chi connectivity index (χ4n) is 2.57. The molecular formula is C18H16N2O5S. The number of fused-ring (bicyclic) bond motifs is 1. The van der Waals surface area contributed by atoms with Crippen LogP contribution in [-0.4, -0.2) is 41.2 Å². The molecule has 1 aromatic heterocycles. The van der Waals surface area contributed by atoms with E-state index < -0.39 is 36.3 Å². The predicted octanol–water partition coefficient (Wildman–Crippen LogP) is 1.59. The Labute approximate surface area is 153 Å². The molecule has 1 aliphatic heterocycles. The van der Waals surface area contributed by atoms with Crippen LogP contribution in [0.5, 0.6) is 0 Å². The Morgan fingerprint density at radius 1 is 1.12 bits per heavy atom. The molecule has 1 aliphatic rings. The molecule has 0 saturated carbocycles. The summed E-state index contributed by atoms with van der Waals surface area (Å²) in [5, 5.41) is 4.52. The number of nitrogens with zero attached hydrogens (tertiary/aromatic N) is 1. The van der Waals surface area contributed by atoms with Crippen molar-refractivity contribution in [2.75, 3.05) is 6.61 Å². The van der Waals surface area contributed by atoms with Crippen molar-refractivity contribution in [2.45, 2.75) is 19.5 Å². The van der Waals surface area contributed by atoms with Crippen molar-refractivity contribution in [2.24, 2.45) is 0 Å². The highest BCUT2D eigenvalue weighted by Gasteiger charge is 2.41. The first kappa shape index (κ1) is 17.8. The van der Waals surface area contributed by atoms with E-state index in [-0.39, 0.29) is 11.1 Å². The zero-order chi connectivity index (χ0) is 18.7. The molecule has 0 radical (unpaired) electrons. The van der Waals surface area contributed by atoms with E-state index in [1.54, 1.807) is 12.1 Å². The molecule has 1 atom stereocenters. The molecule has 134 valence electrons. The zero-order valence-corrected chi connectivity index (χ0v) is 14.7. The summed E-state index contributed by atoms with van der Waals surface area (Å²) in [6.07, 6.45) is 0. The molecule has 26 heavy (non-hydrogen) atoms. The second-order valence-electron chi connectivity index (χ2n) is 5.67. The summed E-state index contributed by atoms with van der Waals surface area (Å²) in [7, 11) is 0. The summed E-state index contributed by atoms with van der Waals surface area (Å²) in [6.45, 7) is 1.27. The number of amides is 3. The van der Waals surface area contributed by atoms with Crippen molar-refractivity contribution in [1.29, 1.82) is 0 Å². The molecule has 7 nitrogen and oxygen atoms in total. The highest BCUT2D eigenvalue weighted by molar-refractivity contribution is 7.09. The molecule has 1 N–H and O–H groups in total. The Kier molecular flexibility index (Phi) is 5.13. The molecule has 0 saturated heterocycles. The molecule has 1 aromatic carbocycles. The minimum atomic E-state index is -1.12. The fraction of sp³-hybridized carbons (Fsp3) is 0.222. The lowest BCUT2D eigenvalue weighted by molar-refractivity contribution is -0.151. The van der Waals surface area contributed by atoms with E-state index in [0.717, 1.165) is 9.78 Å². The van der Waals surface area contributed by atoms with Crippen LogP contribution in [0.3, 0.4) is 0 Å². The average molecular weight is 372 g/mol. The largest absolute Gasteiger partial charge is 0.454 e. The smallest absolute Gasteiger partial charge is 0.329 e. The summed E-state index contributed by atoms with van der Waals surface area (Å²) >= 11 is 1.50. The molecule has 2 aromatic rings. The lowest BCUT2D eigenvalue weighted by atomic mass is 10.1. The standard InChI is InChI=1S/C18H16N2O5S/c1-11(20-16(22)13-6-2-3-7-14(13)17(20)23)18(24)25-10-15(21)19-9-12-5-4-8-26-12/h2-8,11H,9-10H2,1H3,(H,19,21)/t11-/m0/s1. The number of thiophene rings is 1. The van der Waals surface area contributed by atoms with E-state index in [4.69, 9.17) is 4.74 Å². The number of carbonyl (C=O) groups excluding carboxylic acids is 4. The molecule has 0 fully saturated rings.